The van der Waals surface area contributed by atoms with Crippen LogP contribution in [0.4, 0.5) is 5.82 Å². The van der Waals surface area contributed by atoms with E-state index in [1.165, 1.54) is 11.4 Å². The summed E-state index contributed by atoms with van der Waals surface area (Å²) < 4.78 is 1.97. The van der Waals surface area contributed by atoms with Crippen LogP contribution in [0.2, 0.25) is 0 Å². The van der Waals surface area contributed by atoms with Crippen LogP contribution in [0.25, 0.3) is 0 Å². The molecule has 0 bridgehead atoms. The molecule has 1 aromatic rings. The van der Waals surface area contributed by atoms with Crippen molar-refractivity contribution >= 4 is 5.82 Å². The zero-order chi connectivity index (χ0) is 12.4. The second kappa shape index (κ2) is 5.06. The molecule has 0 radical (unpaired) electrons. The van der Waals surface area contributed by atoms with Crippen molar-refractivity contribution in [3.05, 3.63) is 11.3 Å². The van der Waals surface area contributed by atoms with Crippen LogP contribution in [-0.2, 0) is 13.6 Å². The highest BCUT2D eigenvalue weighted by atomic mass is 15.4. The van der Waals surface area contributed by atoms with E-state index < -0.39 is 0 Å². The molecule has 0 atom stereocenters. The van der Waals surface area contributed by atoms with Crippen LogP contribution >= 0.6 is 0 Å². The first-order valence-electron chi connectivity index (χ1n) is 6.37. The highest BCUT2D eigenvalue weighted by Crippen LogP contribution is 2.23. The minimum Gasteiger partial charge on any atom is -0.354 e. The molecule has 2 rings (SSSR count). The molecule has 1 aliphatic heterocycles. The number of hydrogen-bond acceptors (Lipinski definition) is 4. The molecule has 1 fully saturated rings. The maximum Gasteiger partial charge on any atom is 0.131 e. The molecule has 0 aromatic carbocycles. The SMILES string of the molecule is CCN1CCN(c2c(CN)c(C)nn2C)CC1. The van der Waals surface area contributed by atoms with Gasteiger partial charge in [0.2, 0.25) is 0 Å². The van der Waals surface area contributed by atoms with Crippen molar-refractivity contribution in [1.29, 1.82) is 0 Å². The van der Waals surface area contributed by atoms with E-state index in [4.69, 9.17) is 5.73 Å². The highest BCUT2D eigenvalue weighted by Gasteiger charge is 2.22. The summed E-state index contributed by atoms with van der Waals surface area (Å²) in [6.45, 7) is 10.4. The molecule has 2 N–H and O–H groups in total. The first-order chi connectivity index (χ1) is 8.17. The second-order valence-corrected chi connectivity index (χ2v) is 4.64. The predicted octanol–water partition coefficient (Wildman–Crippen LogP) is 0.329. The third kappa shape index (κ3) is 2.30. The van der Waals surface area contributed by atoms with Gasteiger partial charge in [-0.2, -0.15) is 5.10 Å². The van der Waals surface area contributed by atoms with Gasteiger partial charge in [-0.3, -0.25) is 4.68 Å². The average molecular weight is 237 g/mol. The Labute approximate surface area is 103 Å². The number of aromatic nitrogens is 2. The first kappa shape index (κ1) is 12.4. The lowest BCUT2D eigenvalue weighted by Gasteiger charge is -2.35. The van der Waals surface area contributed by atoms with Gasteiger partial charge < -0.3 is 15.5 Å². The maximum absolute atomic E-state index is 5.83. The predicted molar refractivity (Wildman–Crippen MR) is 70.2 cm³/mol. The molecule has 0 spiro atoms. The molecule has 1 saturated heterocycles. The fourth-order valence-electron chi connectivity index (χ4n) is 2.60. The molecule has 0 amide bonds. The summed E-state index contributed by atoms with van der Waals surface area (Å²) in [5.74, 6) is 1.21. The Hall–Kier alpha value is -1.07. The van der Waals surface area contributed by atoms with Crippen molar-refractivity contribution in [1.82, 2.24) is 14.7 Å². The van der Waals surface area contributed by atoms with Gasteiger partial charge in [-0.15, -0.1) is 0 Å². The normalized spacial score (nSPS) is 17.8. The Kier molecular flexibility index (Phi) is 3.69. The Morgan fingerprint density at radius 1 is 1.24 bits per heavy atom. The van der Waals surface area contributed by atoms with Crippen molar-refractivity contribution in [2.24, 2.45) is 12.8 Å². The summed E-state index contributed by atoms with van der Waals surface area (Å²) in [7, 11) is 2.01. The number of likely N-dealkylation sites (N-methyl/N-ethyl adjacent to an activating group) is 1. The average Bonchev–Trinajstić information content (AvgIpc) is 2.63. The van der Waals surface area contributed by atoms with Gasteiger partial charge in [0.25, 0.3) is 0 Å². The summed E-state index contributed by atoms with van der Waals surface area (Å²) >= 11 is 0. The van der Waals surface area contributed by atoms with E-state index in [1.807, 2.05) is 18.7 Å². The van der Waals surface area contributed by atoms with Crippen LogP contribution in [0.5, 0.6) is 0 Å². The number of rotatable bonds is 3. The molecule has 17 heavy (non-hydrogen) atoms. The molecule has 5 nitrogen and oxygen atoms in total. The quantitative estimate of drug-likeness (QED) is 0.823. The minimum absolute atomic E-state index is 0.572. The third-order valence-electron chi connectivity index (χ3n) is 3.64. The van der Waals surface area contributed by atoms with E-state index >= 15 is 0 Å². The van der Waals surface area contributed by atoms with Crippen LogP contribution in [0, 0.1) is 6.92 Å². The minimum atomic E-state index is 0.572. The topological polar surface area (TPSA) is 50.3 Å². The summed E-state index contributed by atoms with van der Waals surface area (Å²) in [5, 5.41) is 4.48. The van der Waals surface area contributed by atoms with Gasteiger partial charge in [0, 0.05) is 45.3 Å². The smallest absolute Gasteiger partial charge is 0.131 e. The van der Waals surface area contributed by atoms with Crippen molar-refractivity contribution in [2.45, 2.75) is 20.4 Å². The zero-order valence-electron chi connectivity index (χ0n) is 11.1. The number of nitrogens with two attached hydrogens (primary N) is 1. The van der Waals surface area contributed by atoms with Gasteiger partial charge in [0.05, 0.1) is 5.69 Å². The number of piperazine rings is 1. The lowest BCUT2D eigenvalue weighted by atomic mass is 10.2. The van der Waals surface area contributed by atoms with Gasteiger partial charge in [0.1, 0.15) is 5.82 Å². The molecule has 5 heteroatoms. The monoisotopic (exact) mass is 237 g/mol. The van der Waals surface area contributed by atoms with E-state index in [1.54, 1.807) is 0 Å². The lowest BCUT2D eigenvalue weighted by Crippen LogP contribution is -2.47. The number of anilines is 1. The lowest BCUT2D eigenvalue weighted by molar-refractivity contribution is 0.269. The molecule has 0 unspecified atom stereocenters. The van der Waals surface area contributed by atoms with Crippen LogP contribution in [0.1, 0.15) is 18.2 Å². The van der Waals surface area contributed by atoms with Crippen LogP contribution < -0.4 is 10.6 Å². The van der Waals surface area contributed by atoms with E-state index in [0.29, 0.717) is 6.54 Å². The van der Waals surface area contributed by atoms with Crippen molar-refractivity contribution in [3.8, 4) is 0 Å². The standard InChI is InChI=1S/C12H23N5/c1-4-16-5-7-17(8-6-16)12-11(9-13)10(2)14-15(12)3/h4-9,13H2,1-3H3. The summed E-state index contributed by atoms with van der Waals surface area (Å²) in [6, 6.07) is 0. The fourth-order valence-corrected chi connectivity index (χ4v) is 2.60. The summed E-state index contributed by atoms with van der Waals surface area (Å²) in [4.78, 5) is 4.89. The van der Waals surface area contributed by atoms with Gasteiger partial charge in [-0.1, -0.05) is 6.92 Å². The van der Waals surface area contributed by atoms with E-state index in [-0.39, 0.29) is 0 Å². The number of aryl methyl sites for hydroxylation is 2. The number of hydrogen-bond donors (Lipinski definition) is 1. The highest BCUT2D eigenvalue weighted by molar-refractivity contribution is 5.50. The van der Waals surface area contributed by atoms with Gasteiger partial charge >= 0.3 is 0 Å². The van der Waals surface area contributed by atoms with Crippen molar-refractivity contribution < 1.29 is 0 Å². The molecule has 0 saturated carbocycles. The second-order valence-electron chi connectivity index (χ2n) is 4.64. The van der Waals surface area contributed by atoms with Gasteiger partial charge in [-0.05, 0) is 13.5 Å². The molecule has 2 heterocycles. The molecule has 0 aliphatic carbocycles. The van der Waals surface area contributed by atoms with E-state index in [9.17, 15) is 0 Å². The van der Waals surface area contributed by atoms with Crippen LogP contribution in [-0.4, -0.2) is 47.4 Å². The third-order valence-corrected chi connectivity index (χ3v) is 3.64. The maximum atomic E-state index is 5.83. The Balaban J connectivity index is 2.18. The molecule has 96 valence electrons. The summed E-state index contributed by atoms with van der Waals surface area (Å²) in [5.41, 5.74) is 8.08. The van der Waals surface area contributed by atoms with Crippen LogP contribution in [0.3, 0.4) is 0 Å². The van der Waals surface area contributed by atoms with Gasteiger partial charge in [-0.25, -0.2) is 0 Å². The fraction of sp³-hybridized carbons (Fsp3) is 0.750. The number of nitrogens with zero attached hydrogens (tertiary/aromatic N) is 4. The first-order valence-corrected chi connectivity index (χ1v) is 6.37. The molecule has 1 aliphatic rings. The Morgan fingerprint density at radius 2 is 1.88 bits per heavy atom. The van der Waals surface area contributed by atoms with Crippen molar-refractivity contribution in [3.63, 3.8) is 0 Å². The van der Waals surface area contributed by atoms with Crippen molar-refractivity contribution in [2.75, 3.05) is 37.6 Å². The molecular formula is C12H23N5. The van der Waals surface area contributed by atoms with Crippen LogP contribution in [0.15, 0.2) is 0 Å². The van der Waals surface area contributed by atoms with E-state index in [2.05, 4.69) is 21.8 Å². The molecule has 1 aromatic heterocycles. The van der Waals surface area contributed by atoms with E-state index in [0.717, 1.165) is 38.4 Å². The van der Waals surface area contributed by atoms with Gasteiger partial charge in [0.15, 0.2) is 0 Å². The Morgan fingerprint density at radius 3 is 2.41 bits per heavy atom. The largest absolute Gasteiger partial charge is 0.354 e. The molecular weight excluding hydrogens is 214 g/mol. The zero-order valence-corrected chi connectivity index (χ0v) is 11.1. The summed E-state index contributed by atoms with van der Waals surface area (Å²) in [6.07, 6.45) is 0. The Bertz CT molecular complexity index is 376.